The summed E-state index contributed by atoms with van der Waals surface area (Å²) in [4.78, 5) is 48.8. The summed E-state index contributed by atoms with van der Waals surface area (Å²) in [6, 6.07) is 3.59. The van der Waals surface area contributed by atoms with E-state index in [1.165, 1.54) is 33.1 Å². The maximum absolute atomic E-state index is 12.9. The Labute approximate surface area is 176 Å². The van der Waals surface area contributed by atoms with Gasteiger partial charge >= 0.3 is 5.97 Å². The number of methoxy groups -OCH3 is 1. The van der Waals surface area contributed by atoms with Gasteiger partial charge in [-0.1, -0.05) is 32.4 Å². The maximum Gasteiger partial charge on any atom is 0.328 e. The first kappa shape index (κ1) is 24.9. The average molecular weight is 421 g/mol. The molecule has 1 aromatic carbocycles. The van der Waals surface area contributed by atoms with Gasteiger partial charge in [-0.05, 0) is 30.5 Å². The molecule has 0 saturated carbocycles. The second-order valence-electron chi connectivity index (χ2n) is 7.25. The monoisotopic (exact) mass is 421 g/mol. The smallest absolute Gasteiger partial charge is 0.328 e. The van der Waals surface area contributed by atoms with Gasteiger partial charge < -0.3 is 25.8 Å². The van der Waals surface area contributed by atoms with Crippen molar-refractivity contribution in [2.75, 3.05) is 7.11 Å². The molecule has 9 heteroatoms. The number of rotatable bonds is 10. The number of phenols is 1. The van der Waals surface area contributed by atoms with Crippen molar-refractivity contribution in [1.82, 2.24) is 16.0 Å². The van der Waals surface area contributed by atoms with E-state index in [4.69, 9.17) is 0 Å². The van der Waals surface area contributed by atoms with E-state index in [1.54, 1.807) is 19.1 Å². The van der Waals surface area contributed by atoms with Crippen LogP contribution in [0.25, 0.3) is 0 Å². The molecule has 3 amide bonds. The zero-order chi connectivity index (χ0) is 22.8. The molecule has 0 saturated heterocycles. The van der Waals surface area contributed by atoms with E-state index in [0.717, 1.165) is 5.56 Å². The molecule has 0 bridgehead atoms. The Balaban J connectivity index is 2.98. The fourth-order valence-corrected chi connectivity index (χ4v) is 2.82. The van der Waals surface area contributed by atoms with E-state index in [1.807, 2.05) is 6.92 Å². The van der Waals surface area contributed by atoms with Gasteiger partial charge in [0.25, 0.3) is 0 Å². The number of phenolic OH excluding ortho intramolecular Hbond substituents is 1. The van der Waals surface area contributed by atoms with Gasteiger partial charge in [0.1, 0.15) is 23.9 Å². The Bertz CT molecular complexity index is 750. The highest BCUT2D eigenvalue weighted by Crippen LogP contribution is 2.13. The molecular formula is C21H31N3O6. The third kappa shape index (κ3) is 7.73. The summed E-state index contributed by atoms with van der Waals surface area (Å²) < 4.78 is 4.61. The molecule has 166 valence electrons. The van der Waals surface area contributed by atoms with Gasteiger partial charge in [-0.3, -0.25) is 14.4 Å². The summed E-state index contributed by atoms with van der Waals surface area (Å²) in [5.74, 6) is -2.15. The van der Waals surface area contributed by atoms with Crippen molar-refractivity contribution in [2.24, 2.45) is 5.92 Å². The predicted molar refractivity (Wildman–Crippen MR) is 110 cm³/mol. The van der Waals surface area contributed by atoms with Gasteiger partial charge in [0.15, 0.2) is 0 Å². The first-order valence-electron chi connectivity index (χ1n) is 9.82. The molecule has 1 aromatic rings. The van der Waals surface area contributed by atoms with Gasteiger partial charge in [-0.25, -0.2) is 4.79 Å². The van der Waals surface area contributed by atoms with Crippen LogP contribution in [0.1, 0.15) is 39.7 Å². The first-order valence-corrected chi connectivity index (χ1v) is 9.82. The third-order valence-corrected chi connectivity index (χ3v) is 4.78. The number of amides is 3. The van der Waals surface area contributed by atoms with Crippen LogP contribution in [0.3, 0.4) is 0 Å². The highest BCUT2D eigenvalue weighted by atomic mass is 16.5. The molecule has 0 aliphatic rings. The number of carbonyl (C=O) groups excluding carboxylic acids is 4. The predicted octanol–water partition coefficient (Wildman–Crippen LogP) is 0.648. The molecule has 9 nitrogen and oxygen atoms in total. The van der Waals surface area contributed by atoms with E-state index in [0.29, 0.717) is 6.42 Å². The van der Waals surface area contributed by atoms with Crippen molar-refractivity contribution in [3.05, 3.63) is 29.8 Å². The number of carbonyl (C=O) groups is 4. The van der Waals surface area contributed by atoms with Crippen molar-refractivity contribution >= 4 is 23.7 Å². The lowest BCUT2D eigenvalue weighted by Crippen LogP contribution is -2.57. The van der Waals surface area contributed by atoms with E-state index in [-0.39, 0.29) is 18.1 Å². The number of aromatic hydroxyl groups is 1. The topological polar surface area (TPSA) is 134 Å². The van der Waals surface area contributed by atoms with E-state index < -0.39 is 41.8 Å². The highest BCUT2D eigenvalue weighted by molar-refractivity contribution is 5.93. The van der Waals surface area contributed by atoms with Gasteiger partial charge in [0.2, 0.25) is 17.7 Å². The van der Waals surface area contributed by atoms with Gasteiger partial charge in [0.05, 0.1) is 7.11 Å². The molecule has 0 radical (unpaired) electrons. The number of nitrogens with one attached hydrogen (secondary N) is 3. The lowest BCUT2D eigenvalue weighted by molar-refractivity contribution is -0.145. The SMILES string of the molecule is CC[C@H](C)[C@H](NC(=O)[C@H](Cc1ccc(O)cc1)NC(C)=O)C(=O)N[C@@H](C)C(=O)OC. The van der Waals surface area contributed by atoms with Gasteiger partial charge in [-0.2, -0.15) is 0 Å². The molecule has 0 fully saturated rings. The number of benzene rings is 1. The summed E-state index contributed by atoms with van der Waals surface area (Å²) in [5.41, 5.74) is 0.727. The number of hydrogen-bond donors (Lipinski definition) is 4. The van der Waals surface area contributed by atoms with Gasteiger partial charge in [-0.15, -0.1) is 0 Å². The number of esters is 1. The second-order valence-corrected chi connectivity index (χ2v) is 7.25. The molecule has 0 aliphatic heterocycles. The van der Waals surface area contributed by atoms with Crippen LogP contribution in [0.4, 0.5) is 0 Å². The molecule has 0 aromatic heterocycles. The lowest BCUT2D eigenvalue weighted by Gasteiger charge is -2.27. The first-order chi connectivity index (χ1) is 14.1. The van der Waals surface area contributed by atoms with Crippen LogP contribution in [0.15, 0.2) is 24.3 Å². The normalized spacial score (nSPS) is 14.6. The van der Waals surface area contributed by atoms with Gasteiger partial charge in [0, 0.05) is 13.3 Å². The minimum absolute atomic E-state index is 0.0903. The van der Waals surface area contributed by atoms with Crippen LogP contribution < -0.4 is 16.0 Å². The largest absolute Gasteiger partial charge is 0.508 e. The Morgan fingerprint density at radius 3 is 2.10 bits per heavy atom. The van der Waals surface area contributed by atoms with Crippen molar-refractivity contribution in [3.63, 3.8) is 0 Å². The van der Waals surface area contributed by atoms with Crippen LogP contribution in [0.5, 0.6) is 5.75 Å². The molecule has 0 aliphatic carbocycles. The Morgan fingerprint density at radius 2 is 1.60 bits per heavy atom. The fraction of sp³-hybridized carbons (Fsp3) is 0.524. The van der Waals surface area contributed by atoms with Crippen LogP contribution in [-0.2, 0) is 30.3 Å². The summed E-state index contributed by atoms with van der Waals surface area (Å²) in [5, 5.41) is 17.3. The lowest BCUT2D eigenvalue weighted by atomic mass is 9.97. The van der Waals surface area contributed by atoms with Crippen molar-refractivity contribution in [1.29, 1.82) is 0 Å². The standard InChI is InChI=1S/C21H31N3O6/c1-6-12(2)18(20(28)22-13(3)21(29)30-5)24-19(27)17(23-14(4)25)11-15-7-9-16(26)10-8-15/h7-10,12-13,17-18,26H,6,11H2,1-5H3,(H,22,28)(H,23,25)(H,24,27)/t12-,13-,17-,18-/m0/s1. The molecular weight excluding hydrogens is 390 g/mol. The van der Waals surface area contributed by atoms with E-state index >= 15 is 0 Å². The Morgan fingerprint density at radius 1 is 1.00 bits per heavy atom. The molecule has 4 N–H and O–H groups in total. The number of ether oxygens (including phenoxy) is 1. The Hall–Kier alpha value is -3.10. The second kappa shape index (κ2) is 11.8. The zero-order valence-electron chi connectivity index (χ0n) is 18.0. The van der Waals surface area contributed by atoms with E-state index in [9.17, 15) is 24.3 Å². The average Bonchev–Trinajstić information content (AvgIpc) is 2.71. The summed E-state index contributed by atoms with van der Waals surface area (Å²) >= 11 is 0. The van der Waals surface area contributed by atoms with Crippen molar-refractivity contribution < 1.29 is 29.0 Å². The number of hydrogen-bond acceptors (Lipinski definition) is 6. The minimum atomic E-state index is -0.913. The van der Waals surface area contributed by atoms with Crippen molar-refractivity contribution in [3.8, 4) is 5.75 Å². The Kier molecular flexibility index (Phi) is 9.80. The summed E-state index contributed by atoms with van der Waals surface area (Å²) in [7, 11) is 1.22. The van der Waals surface area contributed by atoms with Crippen LogP contribution in [-0.4, -0.2) is 54.0 Å². The maximum atomic E-state index is 12.9. The van der Waals surface area contributed by atoms with E-state index in [2.05, 4.69) is 20.7 Å². The highest BCUT2D eigenvalue weighted by Gasteiger charge is 2.31. The molecule has 0 heterocycles. The van der Waals surface area contributed by atoms with Crippen LogP contribution in [0, 0.1) is 5.92 Å². The minimum Gasteiger partial charge on any atom is -0.508 e. The summed E-state index contributed by atoms with van der Waals surface area (Å²) in [6.45, 7) is 6.47. The zero-order valence-corrected chi connectivity index (χ0v) is 18.0. The summed E-state index contributed by atoms with van der Waals surface area (Å²) in [6.07, 6.45) is 0.785. The molecule has 30 heavy (non-hydrogen) atoms. The molecule has 1 rings (SSSR count). The quantitative estimate of drug-likeness (QED) is 0.410. The van der Waals surface area contributed by atoms with Crippen LogP contribution >= 0.6 is 0 Å². The third-order valence-electron chi connectivity index (χ3n) is 4.78. The molecule has 0 unspecified atom stereocenters. The molecule has 4 atom stereocenters. The van der Waals surface area contributed by atoms with Crippen molar-refractivity contribution in [2.45, 2.75) is 58.7 Å². The fourth-order valence-electron chi connectivity index (χ4n) is 2.82. The van der Waals surface area contributed by atoms with Crippen LogP contribution in [0.2, 0.25) is 0 Å². The molecule has 0 spiro atoms.